The first-order valence-corrected chi connectivity index (χ1v) is 9.87. The summed E-state index contributed by atoms with van der Waals surface area (Å²) in [5, 5.41) is 0. The molecule has 0 saturated carbocycles. The van der Waals surface area contributed by atoms with Crippen molar-refractivity contribution in [3.63, 3.8) is 0 Å². The molecule has 6 nitrogen and oxygen atoms in total. The number of likely N-dealkylation sites (tertiary alicyclic amines) is 1. The van der Waals surface area contributed by atoms with Crippen molar-refractivity contribution in [2.24, 2.45) is 0 Å². The highest BCUT2D eigenvalue weighted by atomic mass is 32.2. The third-order valence-corrected chi connectivity index (χ3v) is 6.12. The van der Waals surface area contributed by atoms with E-state index in [0.29, 0.717) is 6.54 Å². The van der Waals surface area contributed by atoms with Gasteiger partial charge < -0.3 is 0 Å². The van der Waals surface area contributed by atoms with Gasteiger partial charge in [-0.15, -0.1) is 0 Å². The molecular weight excluding hydrogens is 324 g/mol. The van der Waals surface area contributed by atoms with Gasteiger partial charge in [0.2, 0.25) is 10.0 Å². The van der Waals surface area contributed by atoms with Crippen molar-refractivity contribution in [3.8, 4) is 0 Å². The quantitative estimate of drug-likeness (QED) is 0.842. The second-order valence-corrected chi connectivity index (χ2v) is 8.64. The molecule has 7 heteroatoms. The fourth-order valence-electron chi connectivity index (χ4n) is 3.90. The Morgan fingerprint density at radius 3 is 2.71 bits per heavy atom. The van der Waals surface area contributed by atoms with Crippen LogP contribution in [0.15, 0.2) is 42.9 Å². The molecule has 0 radical (unpaired) electrons. The number of rotatable bonds is 3. The highest BCUT2D eigenvalue weighted by Gasteiger charge is 2.50. The molecule has 4 rings (SSSR count). The topological polar surface area (TPSA) is 66.4 Å². The van der Waals surface area contributed by atoms with E-state index >= 15 is 0 Å². The summed E-state index contributed by atoms with van der Waals surface area (Å²) in [6.45, 7) is 3.11. The van der Waals surface area contributed by atoms with Crippen LogP contribution in [0.25, 0.3) is 0 Å². The van der Waals surface area contributed by atoms with E-state index in [4.69, 9.17) is 0 Å². The predicted octanol–water partition coefficient (Wildman–Crippen LogP) is 1.40. The van der Waals surface area contributed by atoms with Crippen molar-refractivity contribution in [1.29, 1.82) is 0 Å². The zero-order valence-corrected chi connectivity index (χ0v) is 14.4. The molecule has 1 fully saturated rings. The summed E-state index contributed by atoms with van der Waals surface area (Å²) in [7, 11) is -3.29. The second-order valence-electron chi connectivity index (χ2n) is 6.74. The second kappa shape index (κ2) is 5.53. The van der Waals surface area contributed by atoms with Gasteiger partial charge in [0.25, 0.3) is 0 Å². The molecule has 0 amide bonds. The molecular formula is C17H20N4O2S. The van der Waals surface area contributed by atoms with E-state index in [9.17, 15) is 8.42 Å². The maximum absolute atomic E-state index is 12.2. The highest BCUT2D eigenvalue weighted by molar-refractivity contribution is 7.92. The third kappa shape index (κ3) is 2.57. The number of anilines is 1. The molecule has 1 spiro atoms. The Balaban J connectivity index is 1.63. The first-order valence-electron chi connectivity index (χ1n) is 8.02. The number of pyridine rings is 2. The van der Waals surface area contributed by atoms with Gasteiger partial charge in [-0.25, -0.2) is 8.42 Å². The smallest absolute Gasteiger partial charge is 0.232 e. The first kappa shape index (κ1) is 15.5. The van der Waals surface area contributed by atoms with Crippen LogP contribution < -0.4 is 4.31 Å². The van der Waals surface area contributed by atoms with Crippen LogP contribution in [-0.4, -0.2) is 49.2 Å². The number of hydrogen-bond donors (Lipinski definition) is 0. The molecule has 0 N–H and O–H groups in total. The third-order valence-electron chi connectivity index (χ3n) is 4.99. The molecule has 1 atom stereocenters. The average molecular weight is 344 g/mol. The van der Waals surface area contributed by atoms with Crippen LogP contribution in [0.3, 0.4) is 0 Å². The first-order chi connectivity index (χ1) is 11.5. The molecule has 2 aromatic rings. The monoisotopic (exact) mass is 344 g/mol. The van der Waals surface area contributed by atoms with E-state index in [1.807, 2.05) is 18.2 Å². The van der Waals surface area contributed by atoms with Gasteiger partial charge in [0.15, 0.2) is 0 Å². The van der Waals surface area contributed by atoms with Crippen LogP contribution in [0.4, 0.5) is 5.69 Å². The molecule has 0 bridgehead atoms. The minimum atomic E-state index is -3.29. The fourth-order valence-corrected chi connectivity index (χ4v) is 4.89. The van der Waals surface area contributed by atoms with E-state index in [1.165, 1.54) is 16.1 Å². The van der Waals surface area contributed by atoms with Crippen molar-refractivity contribution >= 4 is 15.7 Å². The Labute approximate surface area is 142 Å². The minimum absolute atomic E-state index is 0.202. The predicted molar refractivity (Wildman–Crippen MR) is 92.2 cm³/mol. The molecule has 2 aromatic heterocycles. The number of nitrogens with zero attached hydrogens (tertiary/aromatic N) is 4. The number of fused-ring (bicyclic) bond motifs is 2. The Bertz CT molecular complexity index is 856. The van der Waals surface area contributed by atoms with E-state index in [-0.39, 0.29) is 5.41 Å². The molecule has 126 valence electrons. The molecule has 2 aliphatic rings. The van der Waals surface area contributed by atoms with E-state index in [1.54, 1.807) is 24.7 Å². The summed E-state index contributed by atoms with van der Waals surface area (Å²) in [6.07, 6.45) is 7.57. The molecule has 2 aliphatic heterocycles. The molecule has 0 aromatic carbocycles. The van der Waals surface area contributed by atoms with Gasteiger partial charge in [-0.3, -0.25) is 19.2 Å². The summed E-state index contributed by atoms with van der Waals surface area (Å²) in [5.74, 6) is 0. The van der Waals surface area contributed by atoms with Crippen LogP contribution in [-0.2, 0) is 22.0 Å². The SMILES string of the molecule is CS(=O)(=O)N1C[C@]2(CCN(Cc3ccncc3)C2)c2ncccc21. The summed E-state index contributed by atoms with van der Waals surface area (Å²) >= 11 is 0. The van der Waals surface area contributed by atoms with Crippen molar-refractivity contribution < 1.29 is 8.42 Å². The number of sulfonamides is 1. The van der Waals surface area contributed by atoms with Crippen LogP contribution >= 0.6 is 0 Å². The number of hydrogen-bond acceptors (Lipinski definition) is 5. The zero-order chi connectivity index (χ0) is 16.8. The van der Waals surface area contributed by atoms with Gasteiger partial charge in [-0.05, 0) is 42.8 Å². The summed E-state index contributed by atoms with van der Waals surface area (Å²) < 4.78 is 25.9. The lowest BCUT2D eigenvalue weighted by molar-refractivity contribution is 0.306. The van der Waals surface area contributed by atoms with Crippen molar-refractivity contribution in [2.75, 3.05) is 30.2 Å². The Morgan fingerprint density at radius 2 is 1.96 bits per heavy atom. The average Bonchev–Trinajstić information content (AvgIpc) is 3.11. The van der Waals surface area contributed by atoms with Gasteiger partial charge in [-0.2, -0.15) is 0 Å². The maximum atomic E-state index is 12.2. The molecule has 4 heterocycles. The largest absolute Gasteiger partial charge is 0.298 e. The molecule has 1 saturated heterocycles. The summed E-state index contributed by atoms with van der Waals surface area (Å²) in [6, 6.07) is 7.71. The van der Waals surface area contributed by atoms with Crippen molar-refractivity contribution in [3.05, 3.63) is 54.1 Å². The Hall–Kier alpha value is -1.99. The standard InChI is InChI=1S/C17H20N4O2S/c1-24(22,23)21-13-17(16-15(21)3-2-7-19-16)6-10-20(12-17)11-14-4-8-18-9-5-14/h2-5,7-9H,6,10-13H2,1H3/t17-/m1/s1. The maximum Gasteiger partial charge on any atom is 0.232 e. The van der Waals surface area contributed by atoms with E-state index < -0.39 is 10.0 Å². The molecule has 0 unspecified atom stereocenters. The van der Waals surface area contributed by atoms with Crippen LogP contribution in [0.1, 0.15) is 17.7 Å². The van der Waals surface area contributed by atoms with Crippen LogP contribution in [0.2, 0.25) is 0 Å². The lowest BCUT2D eigenvalue weighted by Crippen LogP contribution is -2.38. The van der Waals surface area contributed by atoms with E-state index in [2.05, 4.69) is 14.9 Å². The molecule has 0 aliphatic carbocycles. The lowest BCUT2D eigenvalue weighted by atomic mass is 9.85. The normalized spacial score (nSPS) is 23.8. The van der Waals surface area contributed by atoms with Crippen LogP contribution in [0, 0.1) is 0 Å². The van der Waals surface area contributed by atoms with Crippen molar-refractivity contribution in [2.45, 2.75) is 18.4 Å². The van der Waals surface area contributed by atoms with Gasteiger partial charge in [0.1, 0.15) is 0 Å². The lowest BCUT2D eigenvalue weighted by Gasteiger charge is -2.25. The minimum Gasteiger partial charge on any atom is -0.298 e. The van der Waals surface area contributed by atoms with Gasteiger partial charge in [0, 0.05) is 43.6 Å². The summed E-state index contributed by atoms with van der Waals surface area (Å²) in [5.41, 5.74) is 2.69. The number of aromatic nitrogens is 2. The summed E-state index contributed by atoms with van der Waals surface area (Å²) in [4.78, 5) is 11.0. The van der Waals surface area contributed by atoms with Crippen molar-refractivity contribution in [1.82, 2.24) is 14.9 Å². The van der Waals surface area contributed by atoms with Gasteiger partial charge in [-0.1, -0.05) is 0 Å². The molecule has 24 heavy (non-hydrogen) atoms. The Kier molecular flexibility index (Phi) is 3.58. The van der Waals surface area contributed by atoms with E-state index in [0.717, 1.165) is 37.4 Å². The Morgan fingerprint density at radius 1 is 1.17 bits per heavy atom. The van der Waals surface area contributed by atoms with Gasteiger partial charge >= 0.3 is 0 Å². The zero-order valence-electron chi connectivity index (χ0n) is 13.6. The van der Waals surface area contributed by atoms with Gasteiger partial charge in [0.05, 0.1) is 17.6 Å². The highest BCUT2D eigenvalue weighted by Crippen LogP contribution is 2.46. The fraction of sp³-hybridized carbons (Fsp3) is 0.412. The van der Waals surface area contributed by atoms with Crippen LogP contribution in [0.5, 0.6) is 0 Å².